The third-order valence-electron chi connectivity index (χ3n) is 1.91. The van der Waals surface area contributed by atoms with E-state index >= 15 is 0 Å². The van der Waals surface area contributed by atoms with Crippen LogP contribution in [-0.4, -0.2) is 12.3 Å². The van der Waals surface area contributed by atoms with Crippen molar-refractivity contribution in [2.24, 2.45) is 0 Å². The highest BCUT2D eigenvalue weighted by molar-refractivity contribution is 5.93. The minimum absolute atomic E-state index is 0.216. The van der Waals surface area contributed by atoms with E-state index in [0.717, 1.165) is 18.7 Å². The predicted octanol–water partition coefficient (Wildman–Crippen LogP) is 0.763. The van der Waals surface area contributed by atoms with E-state index in [1.54, 1.807) is 6.08 Å². The van der Waals surface area contributed by atoms with E-state index in [-0.39, 0.29) is 5.78 Å². The zero-order valence-corrected chi connectivity index (χ0v) is 5.68. The molecule has 10 heavy (non-hydrogen) atoms. The number of ketones is 1. The molecule has 0 radical (unpaired) electrons. The zero-order valence-electron chi connectivity index (χ0n) is 5.68. The van der Waals surface area contributed by atoms with Crippen LogP contribution in [0.15, 0.2) is 23.4 Å². The quantitative estimate of drug-likeness (QED) is 0.531. The zero-order chi connectivity index (χ0) is 6.97. The Hall–Kier alpha value is -1.05. The number of fused-ring (bicyclic) bond motifs is 1. The Morgan fingerprint density at radius 2 is 2.40 bits per heavy atom. The first-order valence-corrected chi connectivity index (χ1v) is 3.54. The lowest BCUT2D eigenvalue weighted by Crippen LogP contribution is -2.08. The molecule has 0 aromatic heterocycles. The lowest BCUT2D eigenvalue weighted by atomic mass is 10.0. The number of hydrogen-bond acceptors (Lipinski definition) is 2. The number of hydrogen-bond donors (Lipinski definition) is 1. The first-order chi connectivity index (χ1) is 4.86. The van der Waals surface area contributed by atoms with Crippen molar-refractivity contribution in [3.8, 4) is 0 Å². The highest BCUT2D eigenvalue weighted by Crippen LogP contribution is 2.21. The van der Waals surface area contributed by atoms with Crippen molar-refractivity contribution in [3.63, 3.8) is 0 Å². The van der Waals surface area contributed by atoms with Crippen LogP contribution in [0.2, 0.25) is 0 Å². The second kappa shape index (κ2) is 1.97. The average molecular weight is 135 g/mol. The van der Waals surface area contributed by atoms with Gasteiger partial charge in [-0.2, -0.15) is 0 Å². The predicted molar refractivity (Wildman–Crippen MR) is 38.4 cm³/mol. The average Bonchev–Trinajstić information content (AvgIpc) is 2.33. The molecule has 0 atom stereocenters. The van der Waals surface area contributed by atoms with Gasteiger partial charge >= 0.3 is 0 Å². The van der Waals surface area contributed by atoms with E-state index in [9.17, 15) is 4.79 Å². The SMILES string of the molecule is O=C1C=C2NCCC2=CC1. The first-order valence-electron chi connectivity index (χ1n) is 3.54. The van der Waals surface area contributed by atoms with Crippen molar-refractivity contribution < 1.29 is 4.79 Å². The van der Waals surface area contributed by atoms with Crippen LogP contribution in [0, 0.1) is 0 Å². The molecule has 2 nitrogen and oxygen atoms in total. The standard InChI is InChI=1S/C8H9NO/c10-7-2-1-6-3-4-9-8(6)5-7/h1,5,9H,2-4H2. The molecular weight excluding hydrogens is 126 g/mol. The van der Waals surface area contributed by atoms with Gasteiger partial charge < -0.3 is 5.32 Å². The fourth-order valence-electron chi connectivity index (χ4n) is 1.38. The number of allylic oxidation sites excluding steroid dienone is 3. The van der Waals surface area contributed by atoms with Crippen molar-refractivity contribution in [2.75, 3.05) is 6.54 Å². The summed E-state index contributed by atoms with van der Waals surface area (Å²) in [6.45, 7) is 0.991. The fourth-order valence-corrected chi connectivity index (χ4v) is 1.38. The lowest BCUT2D eigenvalue weighted by molar-refractivity contribution is -0.114. The molecular formula is C8H9NO. The van der Waals surface area contributed by atoms with E-state index in [1.807, 2.05) is 6.08 Å². The molecule has 2 heteroatoms. The maximum atomic E-state index is 10.8. The van der Waals surface area contributed by atoms with Crippen LogP contribution < -0.4 is 5.32 Å². The van der Waals surface area contributed by atoms with Crippen molar-refractivity contribution >= 4 is 5.78 Å². The molecule has 0 amide bonds. The van der Waals surface area contributed by atoms with Gasteiger partial charge in [-0.25, -0.2) is 0 Å². The van der Waals surface area contributed by atoms with Crippen molar-refractivity contribution in [3.05, 3.63) is 23.4 Å². The third kappa shape index (κ3) is 0.764. The van der Waals surface area contributed by atoms with Crippen LogP contribution in [0.4, 0.5) is 0 Å². The molecule has 0 saturated carbocycles. The van der Waals surface area contributed by atoms with Gasteiger partial charge in [-0.1, -0.05) is 6.08 Å². The largest absolute Gasteiger partial charge is 0.384 e. The van der Waals surface area contributed by atoms with Gasteiger partial charge in [0.25, 0.3) is 0 Å². The number of carbonyl (C=O) groups excluding carboxylic acids is 1. The fraction of sp³-hybridized carbons (Fsp3) is 0.375. The Kier molecular flexibility index (Phi) is 1.13. The monoisotopic (exact) mass is 135 g/mol. The summed E-state index contributed by atoms with van der Waals surface area (Å²) in [6.07, 6.45) is 5.42. The van der Waals surface area contributed by atoms with Gasteiger partial charge in [0.2, 0.25) is 0 Å². The molecule has 1 aliphatic carbocycles. The second-order valence-electron chi connectivity index (χ2n) is 2.63. The summed E-state index contributed by atoms with van der Waals surface area (Å²) >= 11 is 0. The highest BCUT2D eigenvalue weighted by Gasteiger charge is 2.16. The molecule has 0 aromatic rings. The molecule has 0 bridgehead atoms. The van der Waals surface area contributed by atoms with Crippen LogP contribution >= 0.6 is 0 Å². The molecule has 0 aromatic carbocycles. The maximum Gasteiger partial charge on any atom is 0.161 e. The summed E-state index contributed by atoms with van der Waals surface area (Å²) in [5.74, 6) is 0.216. The number of carbonyl (C=O) groups is 1. The molecule has 2 aliphatic rings. The molecule has 0 unspecified atom stereocenters. The molecule has 0 spiro atoms. The number of rotatable bonds is 0. The maximum absolute atomic E-state index is 10.8. The minimum atomic E-state index is 0.216. The van der Waals surface area contributed by atoms with Crippen LogP contribution in [-0.2, 0) is 4.79 Å². The van der Waals surface area contributed by atoms with Gasteiger partial charge in [0.15, 0.2) is 5.78 Å². The molecule has 1 N–H and O–H groups in total. The molecule has 1 saturated heterocycles. The smallest absolute Gasteiger partial charge is 0.161 e. The summed E-state index contributed by atoms with van der Waals surface area (Å²) in [5.41, 5.74) is 2.37. The van der Waals surface area contributed by atoms with Gasteiger partial charge in [-0.05, 0) is 12.0 Å². The first kappa shape index (κ1) is 5.71. The Bertz CT molecular complexity index is 238. The Balaban J connectivity index is 2.35. The van der Waals surface area contributed by atoms with E-state index in [4.69, 9.17) is 0 Å². The van der Waals surface area contributed by atoms with Gasteiger partial charge in [0, 0.05) is 24.7 Å². The molecule has 1 aliphatic heterocycles. The van der Waals surface area contributed by atoms with Crippen LogP contribution in [0.1, 0.15) is 12.8 Å². The topological polar surface area (TPSA) is 29.1 Å². The highest BCUT2D eigenvalue weighted by atomic mass is 16.1. The normalized spacial score (nSPS) is 23.0. The second-order valence-corrected chi connectivity index (χ2v) is 2.63. The minimum Gasteiger partial charge on any atom is -0.384 e. The van der Waals surface area contributed by atoms with Crippen molar-refractivity contribution in [2.45, 2.75) is 12.8 Å². The lowest BCUT2D eigenvalue weighted by Gasteiger charge is -2.04. The van der Waals surface area contributed by atoms with E-state index in [2.05, 4.69) is 5.32 Å². The summed E-state index contributed by atoms with van der Waals surface area (Å²) in [5, 5.41) is 3.16. The summed E-state index contributed by atoms with van der Waals surface area (Å²) < 4.78 is 0. The summed E-state index contributed by atoms with van der Waals surface area (Å²) in [4.78, 5) is 10.8. The van der Waals surface area contributed by atoms with Gasteiger partial charge in [0.05, 0.1) is 0 Å². The van der Waals surface area contributed by atoms with E-state index in [0.29, 0.717) is 6.42 Å². The van der Waals surface area contributed by atoms with E-state index in [1.165, 1.54) is 5.57 Å². The van der Waals surface area contributed by atoms with Crippen molar-refractivity contribution in [1.29, 1.82) is 0 Å². The van der Waals surface area contributed by atoms with E-state index < -0.39 is 0 Å². The van der Waals surface area contributed by atoms with Gasteiger partial charge in [-0.3, -0.25) is 4.79 Å². The summed E-state index contributed by atoms with van der Waals surface area (Å²) in [6, 6.07) is 0. The Morgan fingerprint density at radius 1 is 1.50 bits per heavy atom. The Morgan fingerprint density at radius 3 is 3.30 bits per heavy atom. The summed E-state index contributed by atoms with van der Waals surface area (Å²) in [7, 11) is 0. The van der Waals surface area contributed by atoms with Crippen LogP contribution in [0.25, 0.3) is 0 Å². The Labute approximate surface area is 59.6 Å². The molecule has 52 valence electrons. The molecule has 2 rings (SSSR count). The third-order valence-corrected chi connectivity index (χ3v) is 1.91. The van der Waals surface area contributed by atoms with Crippen LogP contribution in [0.5, 0.6) is 0 Å². The van der Waals surface area contributed by atoms with Gasteiger partial charge in [0.1, 0.15) is 0 Å². The number of nitrogens with one attached hydrogen (secondary N) is 1. The molecule has 1 heterocycles. The van der Waals surface area contributed by atoms with Gasteiger partial charge in [-0.15, -0.1) is 0 Å². The van der Waals surface area contributed by atoms with Crippen LogP contribution in [0.3, 0.4) is 0 Å². The molecule has 1 fully saturated rings. The van der Waals surface area contributed by atoms with Crippen molar-refractivity contribution in [1.82, 2.24) is 5.32 Å².